The number of fused-ring (bicyclic) bond motifs is 2. The number of anilines is 1. The molecule has 0 saturated heterocycles. The molecule has 5 rings (SSSR count). The van der Waals surface area contributed by atoms with Crippen molar-refractivity contribution in [2.24, 2.45) is 5.73 Å². The molecule has 0 aliphatic rings. The third-order valence-electron chi connectivity index (χ3n) is 4.75. The zero-order valence-corrected chi connectivity index (χ0v) is 14.9. The Bertz CT molecular complexity index is 1290. The van der Waals surface area contributed by atoms with Crippen molar-refractivity contribution in [1.82, 2.24) is 34.5 Å². The molecule has 9 heteroatoms. The summed E-state index contributed by atoms with van der Waals surface area (Å²) in [5, 5.41) is 1.08. The van der Waals surface area contributed by atoms with E-state index in [0.717, 1.165) is 33.3 Å². The van der Waals surface area contributed by atoms with E-state index in [1.165, 1.54) is 12.7 Å². The van der Waals surface area contributed by atoms with Crippen LogP contribution in [-0.4, -0.2) is 34.5 Å². The third kappa shape index (κ3) is 2.65. The van der Waals surface area contributed by atoms with Gasteiger partial charge < -0.3 is 21.0 Å². The molecule has 1 aromatic carbocycles. The van der Waals surface area contributed by atoms with Gasteiger partial charge in [-0.1, -0.05) is 0 Å². The summed E-state index contributed by atoms with van der Waals surface area (Å²) < 4.78 is 1.95. The number of aromatic nitrogens is 7. The molecule has 0 aliphatic carbocycles. The van der Waals surface area contributed by atoms with Crippen molar-refractivity contribution in [2.45, 2.75) is 13.1 Å². The van der Waals surface area contributed by atoms with Crippen molar-refractivity contribution in [2.75, 3.05) is 5.73 Å². The molecule has 0 radical (unpaired) electrons. The van der Waals surface area contributed by atoms with E-state index in [9.17, 15) is 0 Å². The summed E-state index contributed by atoms with van der Waals surface area (Å²) >= 11 is 0. The number of imidazole rings is 1. The number of nitrogens with one attached hydrogen (secondary N) is 1. The number of H-pyrrole nitrogens is 1. The fraction of sp³-hybridized carbons (Fsp3) is 0.105. The molecule has 5 N–H and O–H groups in total. The van der Waals surface area contributed by atoms with E-state index >= 15 is 0 Å². The van der Waals surface area contributed by atoms with Crippen LogP contribution < -0.4 is 11.5 Å². The van der Waals surface area contributed by atoms with Crippen LogP contribution in [0.5, 0.6) is 0 Å². The van der Waals surface area contributed by atoms with Gasteiger partial charge in [0.1, 0.15) is 18.2 Å². The van der Waals surface area contributed by atoms with Crippen LogP contribution in [0.25, 0.3) is 33.2 Å². The normalized spacial score (nSPS) is 11.5. The van der Waals surface area contributed by atoms with Crippen LogP contribution in [0.1, 0.15) is 11.3 Å². The van der Waals surface area contributed by atoms with E-state index in [1.54, 1.807) is 18.7 Å². The van der Waals surface area contributed by atoms with Crippen molar-refractivity contribution in [1.29, 1.82) is 0 Å². The molecule has 5 aromatic rings. The summed E-state index contributed by atoms with van der Waals surface area (Å²) in [6.07, 6.45) is 8.30. The van der Waals surface area contributed by atoms with Gasteiger partial charge in [-0.25, -0.2) is 24.9 Å². The SMILES string of the molecule is NCc1cc2cc(-c3cncnc3)cc(Cn3cnc4c(N)ncnc43)c2[nH]1. The Balaban J connectivity index is 1.68. The maximum atomic E-state index is 5.91. The van der Waals surface area contributed by atoms with E-state index < -0.39 is 0 Å². The number of nitrogen functional groups attached to an aromatic ring is 1. The van der Waals surface area contributed by atoms with Gasteiger partial charge in [-0.05, 0) is 29.3 Å². The highest BCUT2D eigenvalue weighted by Crippen LogP contribution is 2.29. The van der Waals surface area contributed by atoms with Crippen molar-refractivity contribution in [3.63, 3.8) is 0 Å². The number of hydrogen-bond donors (Lipinski definition) is 3. The second kappa shape index (κ2) is 6.39. The minimum Gasteiger partial charge on any atom is -0.382 e. The van der Waals surface area contributed by atoms with Crippen LogP contribution in [0.3, 0.4) is 0 Å². The minimum absolute atomic E-state index is 0.370. The fourth-order valence-corrected chi connectivity index (χ4v) is 3.42. The molecule has 0 bridgehead atoms. The molecule has 0 aliphatic heterocycles. The van der Waals surface area contributed by atoms with E-state index in [1.807, 2.05) is 4.57 Å². The molecule has 28 heavy (non-hydrogen) atoms. The zero-order chi connectivity index (χ0) is 19.1. The van der Waals surface area contributed by atoms with Crippen LogP contribution in [0, 0.1) is 0 Å². The molecular weight excluding hydrogens is 354 g/mol. The van der Waals surface area contributed by atoms with Gasteiger partial charge in [0, 0.05) is 35.6 Å². The number of nitrogens with zero attached hydrogens (tertiary/aromatic N) is 6. The van der Waals surface area contributed by atoms with Crippen molar-refractivity contribution < 1.29 is 0 Å². The van der Waals surface area contributed by atoms with Gasteiger partial charge in [0.15, 0.2) is 11.5 Å². The first-order valence-electron chi connectivity index (χ1n) is 8.74. The number of benzene rings is 1. The van der Waals surface area contributed by atoms with Gasteiger partial charge in [-0.3, -0.25) is 0 Å². The highest BCUT2D eigenvalue weighted by atomic mass is 15.1. The van der Waals surface area contributed by atoms with Gasteiger partial charge in [0.25, 0.3) is 0 Å². The van der Waals surface area contributed by atoms with Gasteiger partial charge >= 0.3 is 0 Å². The van der Waals surface area contributed by atoms with Crippen LogP contribution in [0.15, 0.2) is 49.6 Å². The Hall–Kier alpha value is -3.85. The average molecular weight is 371 g/mol. The Morgan fingerprint density at radius 2 is 1.82 bits per heavy atom. The lowest BCUT2D eigenvalue weighted by Crippen LogP contribution is -2.02. The van der Waals surface area contributed by atoms with Gasteiger partial charge in [-0.2, -0.15) is 0 Å². The number of hydrogen-bond acceptors (Lipinski definition) is 7. The van der Waals surface area contributed by atoms with Crippen LogP contribution in [0.4, 0.5) is 5.82 Å². The van der Waals surface area contributed by atoms with Crippen LogP contribution >= 0.6 is 0 Å². The summed E-state index contributed by atoms with van der Waals surface area (Å²) in [6, 6.07) is 6.30. The quantitative estimate of drug-likeness (QED) is 0.438. The Kier molecular flexibility index (Phi) is 3.73. The molecule has 9 nitrogen and oxygen atoms in total. The van der Waals surface area contributed by atoms with Gasteiger partial charge in [0.2, 0.25) is 0 Å². The van der Waals surface area contributed by atoms with Crippen molar-refractivity contribution >= 4 is 27.9 Å². The highest BCUT2D eigenvalue weighted by molar-refractivity contribution is 5.89. The maximum Gasteiger partial charge on any atom is 0.165 e. The highest BCUT2D eigenvalue weighted by Gasteiger charge is 2.13. The fourth-order valence-electron chi connectivity index (χ4n) is 3.42. The Morgan fingerprint density at radius 1 is 0.964 bits per heavy atom. The Labute approximate surface area is 159 Å². The third-order valence-corrected chi connectivity index (χ3v) is 4.75. The smallest absolute Gasteiger partial charge is 0.165 e. The summed E-state index contributed by atoms with van der Waals surface area (Å²) in [6.45, 7) is 1.01. The zero-order valence-electron chi connectivity index (χ0n) is 14.9. The first kappa shape index (κ1) is 16.3. The van der Waals surface area contributed by atoms with E-state index in [0.29, 0.717) is 30.1 Å². The molecule has 0 fully saturated rings. The first-order valence-corrected chi connectivity index (χ1v) is 8.74. The molecular formula is C19H17N9. The standard InChI is InChI=1S/C19H17N9/c20-4-15-3-12-1-11(14-5-22-8-23-6-14)2-13(16(12)27-15)7-28-10-26-17-18(21)24-9-25-19(17)28/h1-3,5-6,8-10,27H,4,7,20H2,(H2,21,24,25). The lowest BCUT2D eigenvalue weighted by atomic mass is 10.0. The Morgan fingerprint density at radius 3 is 2.64 bits per heavy atom. The maximum absolute atomic E-state index is 5.91. The molecule has 0 saturated carbocycles. The first-order chi connectivity index (χ1) is 13.7. The van der Waals surface area contributed by atoms with Crippen LogP contribution in [-0.2, 0) is 13.1 Å². The summed E-state index contributed by atoms with van der Waals surface area (Å²) in [5.41, 5.74) is 18.1. The summed E-state index contributed by atoms with van der Waals surface area (Å²) in [7, 11) is 0. The molecule has 0 atom stereocenters. The minimum atomic E-state index is 0.370. The van der Waals surface area contributed by atoms with Crippen molar-refractivity contribution in [3.05, 3.63) is 60.8 Å². The average Bonchev–Trinajstić information content (AvgIpc) is 3.33. The van der Waals surface area contributed by atoms with Crippen molar-refractivity contribution in [3.8, 4) is 11.1 Å². The van der Waals surface area contributed by atoms with Crippen LogP contribution in [0.2, 0.25) is 0 Å². The number of aromatic amines is 1. The molecule has 138 valence electrons. The lowest BCUT2D eigenvalue weighted by molar-refractivity contribution is 0.817. The summed E-state index contributed by atoms with van der Waals surface area (Å²) in [4.78, 5) is 24.4. The topological polar surface area (TPSA) is 137 Å². The molecule has 4 aromatic heterocycles. The second-order valence-electron chi connectivity index (χ2n) is 6.53. The molecule has 0 amide bonds. The van der Waals surface area contributed by atoms with E-state index in [-0.39, 0.29) is 0 Å². The predicted molar refractivity (Wildman–Crippen MR) is 106 cm³/mol. The lowest BCUT2D eigenvalue weighted by Gasteiger charge is -2.09. The van der Waals surface area contributed by atoms with E-state index in [4.69, 9.17) is 11.5 Å². The largest absolute Gasteiger partial charge is 0.382 e. The van der Waals surface area contributed by atoms with Gasteiger partial charge in [-0.15, -0.1) is 0 Å². The molecule has 0 spiro atoms. The van der Waals surface area contributed by atoms with E-state index in [2.05, 4.69) is 48.1 Å². The second-order valence-corrected chi connectivity index (χ2v) is 6.53. The number of nitrogens with two attached hydrogens (primary N) is 2. The molecule has 0 unspecified atom stereocenters. The molecule has 4 heterocycles. The monoisotopic (exact) mass is 371 g/mol. The summed E-state index contributed by atoms with van der Waals surface area (Å²) in [5.74, 6) is 0.370. The predicted octanol–water partition coefficient (Wildman–Crippen LogP) is 1.85. The van der Waals surface area contributed by atoms with Gasteiger partial charge in [0.05, 0.1) is 18.4 Å². The number of rotatable bonds is 4.